The summed E-state index contributed by atoms with van der Waals surface area (Å²) in [5, 5.41) is 4.59. The monoisotopic (exact) mass is 401 g/mol. The molecule has 1 heterocycles. The third-order valence-electron chi connectivity index (χ3n) is 2.48. The number of thiophene rings is 1. The SMILES string of the molecule is CCOC(=O)c1ccc(NC(=O)c2csc(I)c2)cc1. The lowest BCUT2D eigenvalue weighted by atomic mass is 10.2. The Morgan fingerprint density at radius 3 is 2.50 bits per heavy atom. The molecule has 0 unspecified atom stereocenters. The summed E-state index contributed by atoms with van der Waals surface area (Å²) in [7, 11) is 0. The molecule has 0 aliphatic rings. The number of hydrogen-bond donors (Lipinski definition) is 1. The summed E-state index contributed by atoms with van der Waals surface area (Å²) >= 11 is 3.69. The fourth-order valence-electron chi connectivity index (χ4n) is 1.54. The maximum absolute atomic E-state index is 11.9. The van der Waals surface area contributed by atoms with E-state index in [4.69, 9.17) is 4.74 Å². The number of hydrogen-bond acceptors (Lipinski definition) is 4. The molecule has 0 spiro atoms. The van der Waals surface area contributed by atoms with Crippen LogP contribution in [0.3, 0.4) is 0 Å². The quantitative estimate of drug-likeness (QED) is 0.627. The number of carbonyl (C=O) groups is 2. The molecule has 20 heavy (non-hydrogen) atoms. The van der Waals surface area contributed by atoms with Crippen molar-refractivity contribution in [1.82, 2.24) is 0 Å². The van der Waals surface area contributed by atoms with Gasteiger partial charge in [-0.2, -0.15) is 0 Å². The topological polar surface area (TPSA) is 55.4 Å². The van der Waals surface area contributed by atoms with Crippen molar-refractivity contribution < 1.29 is 14.3 Å². The second-order valence-electron chi connectivity index (χ2n) is 3.89. The van der Waals surface area contributed by atoms with Crippen molar-refractivity contribution in [3.63, 3.8) is 0 Å². The highest BCUT2D eigenvalue weighted by molar-refractivity contribution is 14.1. The van der Waals surface area contributed by atoms with Crippen LogP contribution in [0.5, 0.6) is 0 Å². The second-order valence-corrected chi connectivity index (χ2v) is 6.70. The Morgan fingerprint density at radius 2 is 1.95 bits per heavy atom. The Labute approximate surface area is 134 Å². The molecule has 0 saturated heterocycles. The van der Waals surface area contributed by atoms with E-state index in [9.17, 15) is 9.59 Å². The first-order valence-corrected chi connectivity index (χ1v) is 7.88. The lowest BCUT2D eigenvalue weighted by Crippen LogP contribution is -2.11. The summed E-state index contributed by atoms with van der Waals surface area (Å²) in [6, 6.07) is 8.45. The molecule has 0 atom stereocenters. The maximum Gasteiger partial charge on any atom is 0.338 e. The van der Waals surface area contributed by atoms with E-state index >= 15 is 0 Å². The van der Waals surface area contributed by atoms with Crippen molar-refractivity contribution in [3.05, 3.63) is 49.7 Å². The van der Waals surface area contributed by atoms with Gasteiger partial charge in [0.2, 0.25) is 0 Å². The molecule has 0 bridgehead atoms. The number of halogens is 1. The molecule has 0 aliphatic carbocycles. The highest BCUT2D eigenvalue weighted by Gasteiger charge is 2.09. The summed E-state index contributed by atoms with van der Waals surface area (Å²) in [6.45, 7) is 2.10. The van der Waals surface area contributed by atoms with Gasteiger partial charge in [-0.3, -0.25) is 4.79 Å². The molecule has 2 rings (SSSR count). The smallest absolute Gasteiger partial charge is 0.338 e. The molecule has 1 aromatic heterocycles. The molecule has 1 N–H and O–H groups in total. The third kappa shape index (κ3) is 3.80. The highest BCUT2D eigenvalue weighted by atomic mass is 127. The van der Waals surface area contributed by atoms with Gasteiger partial charge in [-0.05, 0) is 59.8 Å². The minimum absolute atomic E-state index is 0.159. The van der Waals surface area contributed by atoms with Gasteiger partial charge in [0.15, 0.2) is 0 Å². The number of nitrogens with one attached hydrogen (secondary N) is 1. The third-order valence-corrected chi connectivity index (χ3v) is 4.27. The molecular weight excluding hydrogens is 389 g/mol. The van der Waals surface area contributed by atoms with Gasteiger partial charge in [0.25, 0.3) is 5.91 Å². The number of anilines is 1. The van der Waals surface area contributed by atoms with Crippen LogP contribution in [-0.4, -0.2) is 18.5 Å². The van der Waals surface area contributed by atoms with Crippen molar-refractivity contribution in [2.24, 2.45) is 0 Å². The Hall–Kier alpha value is -1.41. The van der Waals surface area contributed by atoms with Gasteiger partial charge < -0.3 is 10.1 Å². The largest absolute Gasteiger partial charge is 0.462 e. The molecular formula is C14H12INO3S. The van der Waals surface area contributed by atoms with E-state index in [1.165, 1.54) is 11.3 Å². The molecule has 0 saturated carbocycles. The zero-order chi connectivity index (χ0) is 14.5. The number of esters is 1. The number of amides is 1. The zero-order valence-electron chi connectivity index (χ0n) is 10.7. The molecule has 1 amide bonds. The van der Waals surface area contributed by atoms with Gasteiger partial charge in [-0.1, -0.05) is 0 Å². The van der Waals surface area contributed by atoms with E-state index in [0.717, 1.165) is 2.88 Å². The zero-order valence-corrected chi connectivity index (χ0v) is 13.7. The van der Waals surface area contributed by atoms with Gasteiger partial charge in [0, 0.05) is 11.1 Å². The van der Waals surface area contributed by atoms with Crippen LogP contribution in [0, 0.1) is 2.88 Å². The number of ether oxygens (including phenoxy) is 1. The summed E-state index contributed by atoms with van der Waals surface area (Å²) in [5.74, 6) is -0.522. The van der Waals surface area contributed by atoms with Gasteiger partial charge in [0.1, 0.15) is 0 Å². The van der Waals surface area contributed by atoms with Gasteiger partial charge >= 0.3 is 5.97 Å². The maximum atomic E-state index is 11.9. The van der Waals surface area contributed by atoms with Crippen molar-refractivity contribution in [1.29, 1.82) is 0 Å². The van der Waals surface area contributed by atoms with Crippen molar-refractivity contribution in [2.45, 2.75) is 6.92 Å². The Bertz CT molecular complexity index is 622. The van der Waals surface area contributed by atoms with Crippen LogP contribution in [0.1, 0.15) is 27.6 Å². The molecule has 6 heteroatoms. The van der Waals surface area contributed by atoms with Crippen LogP contribution in [0.4, 0.5) is 5.69 Å². The summed E-state index contributed by atoms with van der Waals surface area (Å²) in [6.07, 6.45) is 0. The van der Waals surface area contributed by atoms with E-state index < -0.39 is 0 Å². The van der Waals surface area contributed by atoms with E-state index in [-0.39, 0.29) is 11.9 Å². The van der Waals surface area contributed by atoms with Crippen LogP contribution in [0.15, 0.2) is 35.7 Å². The van der Waals surface area contributed by atoms with Crippen molar-refractivity contribution in [3.8, 4) is 0 Å². The molecule has 4 nitrogen and oxygen atoms in total. The van der Waals surface area contributed by atoms with E-state index in [1.54, 1.807) is 31.2 Å². The Morgan fingerprint density at radius 1 is 1.25 bits per heavy atom. The standard InChI is InChI=1S/C14H12INO3S/c1-2-19-14(18)9-3-5-11(6-4-9)16-13(17)10-7-12(15)20-8-10/h3-8H,2H2,1H3,(H,16,17). The minimum atomic E-state index is -0.363. The lowest BCUT2D eigenvalue weighted by molar-refractivity contribution is 0.0526. The fraction of sp³-hybridized carbons (Fsp3) is 0.143. The van der Waals surface area contributed by atoms with Crippen LogP contribution >= 0.6 is 33.9 Å². The summed E-state index contributed by atoms with van der Waals surface area (Å²) in [5.41, 5.74) is 1.74. The molecule has 0 radical (unpaired) electrons. The average molecular weight is 401 g/mol. The molecule has 0 aliphatic heterocycles. The minimum Gasteiger partial charge on any atom is -0.462 e. The van der Waals surface area contributed by atoms with Crippen LogP contribution in [-0.2, 0) is 4.74 Å². The van der Waals surface area contributed by atoms with Crippen LogP contribution in [0.25, 0.3) is 0 Å². The van der Waals surface area contributed by atoms with E-state index in [2.05, 4.69) is 27.9 Å². The second kappa shape index (κ2) is 6.85. The molecule has 104 valence electrons. The first-order valence-electron chi connectivity index (χ1n) is 5.92. The first-order chi connectivity index (χ1) is 9.60. The molecule has 2 aromatic rings. The summed E-state index contributed by atoms with van der Waals surface area (Å²) < 4.78 is 5.96. The Balaban J connectivity index is 2.04. The van der Waals surface area contributed by atoms with Crippen LogP contribution < -0.4 is 5.32 Å². The number of carbonyl (C=O) groups excluding carboxylic acids is 2. The van der Waals surface area contributed by atoms with E-state index in [0.29, 0.717) is 23.4 Å². The molecule has 0 fully saturated rings. The normalized spacial score (nSPS) is 10.1. The predicted octanol–water partition coefficient (Wildman–Crippen LogP) is 3.78. The Kier molecular flexibility index (Phi) is 5.13. The van der Waals surface area contributed by atoms with Crippen molar-refractivity contribution >= 4 is 51.5 Å². The van der Waals surface area contributed by atoms with Crippen molar-refractivity contribution in [2.75, 3.05) is 11.9 Å². The summed E-state index contributed by atoms with van der Waals surface area (Å²) in [4.78, 5) is 23.4. The first kappa shape index (κ1) is 15.0. The van der Waals surface area contributed by atoms with Gasteiger partial charge in [-0.25, -0.2) is 4.79 Å². The molecule has 1 aromatic carbocycles. The number of benzene rings is 1. The van der Waals surface area contributed by atoms with Gasteiger partial charge in [0.05, 0.1) is 20.6 Å². The average Bonchev–Trinajstić information content (AvgIpc) is 2.86. The van der Waals surface area contributed by atoms with Gasteiger partial charge in [-0.15, -0.1) is 11.3 Å². The highest BCUT2D eigenvalue weighted by Crippen LogP contribution is 2.18. The lowest BCUT2D eigenvalue weighted by Gasteiger charge is -2.05. The fourth-order valence-corrected chi connectivity index (χ4v) is 2.86. The number of rotatable bonds is 4. The van der Waals surface area contributed by atoms with E-state index in [1.807, 2.05) is 11.4 Å². The van der Waals surface area contributed by atoms with Crippen LogP contribution in [0.2, 0.25) is 0 Å². The predicted molar refractivity (Wildman–Crippen MR) is 87.4 cm³/mol.